The summed E-state index contributed by atoms with van der Waals surface area (Å²) in [5, 5.41) is 3.98. The van der Waals surface area contributed by atoms with Gasteiger partial charge < -0.3 is 5.32 Å². The highest BCUT2D eigenvalue weighted by atomic mass is 15.3. The van der Waals surface area contributed by atoms with E-state index in [2.05, 4.69) is 17.1 Å². The molecule has 0 aromatic heterocycles. The van der Waals surface area contributed by atoms with Crippen molar-refractivity contribution in [2.45, 2.75) is 89.1 Å². The molecule has 2 heteroatoms. The van der Waals surface area contributed by atoms with E-state index in [1.165, 1.54) is 90.3 Å². The van der Waals surface area contributed by atoms with E-state index in [9.17, 15) is 0 Å². The summed E-state index contributed by atoms with van der Waals surface area (Å²) in [6.07, 6.45) is 15.9. The molecular weight excluding hydrogens is 244 g/mol. The van der Waals surface area contributed by atoms with E-state index in [1.807, 2.05) is 0 Å². The molecule has 2 nitrogen and oxygen atoms in total. The fraction of sp³-hybridized carbons (Fsp3) is 1.00. The third kappa shape index (κ3) is 3.39. The van der Waals surface area contributed by atoms with Crippen molar-refractivity contribution in [1.82, 2.24) is 10.2 Å². The van der Waals surface area contributed by atoms with Crippen molar-refractivity contribution in [1.29, 1.82) is 0 Å². The summed E-state index contributed by atoms with van der Waals surface area (Å²) >= 11 is 0. The Labute approximate surface area is 125 Å². The molecule has 0 amide bonds. The van der Waals surface area contributed by atoms with Crippen molar-refractivity contribution in [2.75, 3.05) is 19.6 Å². The second-order valence-corrected chi connectivity index (χ2v) is 7.74. The van der Waals surface area contributed by atoms with E-state index in [4.69, 9.17) is 0 Å². The summed E-state index contributed by atoms with van der Waals surface area (Å²) in [5.74, 6) is 1.01. The SMILES string of the molecule is CCCC1CNC2(CCCCC2)CN1CC1CCCC1. The molecule has 0 radical (unpaired) electrons. The number of piperazine rings is 1. The molecule has 0 aromatic carbocycles. The first-order chi connectivity index (χ1) is 9.81. The molecular formula is C18H34N2. The van der Waals surface area contributed by atoms with Gasteiger partial charge in [0, 0.05) is 31.2 Å². The number of hydrogen-bond donors (Lipinski definition) is 1. The third-order valence-electron chi connectivity index (χ3n) is 6.13. The maximum absolute atomic E-state index is 3.98. The fourth-order valence-electron chi connectivity index (χ4n) is 4.96. The number of hydrogen-bond acceptors (Lipinski definition) is 2. The first-order valence-corrected chi connectivity index (χ1v) is 9.30. The van der Waals surface area contributed by atoms with Gasteiger partial charge in [-0.25, -0.2) is 0 Å². The van der Waals surface area contributed by atoms with Crippen LogP contribution in [-0.4, -0.2) is 36.1 Å². The molecule has 1 atom stereocenters. The maximum atomic E-state index is 3.98. The number of nitrogens with one attached hydrogen (secondary N) is 1. The molecule has 116 valence electrons. The van der Waals surface area contributed by atoms with Crippen molar-refractivity contribution in [3.05, 3.63) is 0 Å². The van der Waals surface area contributed by atoms with Gasteiger partial charge >= 0.3 is 0 Å². The molecule has 3 aliphatic rings. The van der Waals surface area contributed by atoms with Crippen LogP contribution in [0, 0.1) is 5.92 Å². The van der Waals surface area contributed by atoms with Crippen LogP contribution in [0.15, 0.2) is 0 Å². The van der Waals surface area contributed by atoms with E-state index in [1.54, 1.807) is 0 Å². The predicted octanol–water partition coefficient (Wildman–Crippen LogP) is 3.95. The Morgan fingerprint density at radius 1 is 1.05 bits per heavy atom. The number of nitrogens with zero attached hydrogens (tertiary/aromatic N) is 1. The Morgan fingerprint density at radius 2 is 1.80 bits per heavy atom. The van der Waals surface area contributed by atoms with Gasteiger partial charge in [-0.05, 0) is 38.0 Å². The quantitative estimate of drug-likeness (QED) is 0.837. The standard InChI is InChI=1S/C18H34N2/c1-2-8-17-13-19-18(11-6-3-7-12-18)15-20(17)14-16-9-4-5-10-16/h16-17,19H,2-15H2,1H3. The Kier molecular flexibility index (Phi) is 5.04. The first-order valence-electron chi connectivity index (χ1n) is 9.30. The topological polar surface area (TPSA) is 15.3 Å². The molecule has 0 bridgehead atoms. The normalized spacial score (nSPS) is 31.9. The predicted molar refractivity (Wildman–Crippen MR) is 86.0 cm³/mol. The van der Waals surface area contributed by atoms with E-state index in [-0.39, 0.29) is 0 Å². The molecule has 1 saturated heterocycles. The van der Waals surface area contributed by atoms with Gasteiger partial charge in [0.25, 0.3) is 0 Å². The first kappa shape index (κ1) is 14.8. The molecule has 1 N–H and O–H groups in total. The van der Waals surface area contributed by atoms with Gasteiger partial charge in [-0.2, -0.15) is 0 Å². The summed E-state index contributed by atoms with van der Waals surface area (Å²) in [6.45, 7) is 6.33. The second-order valence-electron chi connectivity index (χ2n) is 7.74. The van der Waals surface area contributed by atoms with Crippen LogP contribution in [0.25, 0.3) is 0 Å². The van der Waals surface area contributed by atoms with Crippen molar-refractivity contribution in [3.8, 4) is 0 Å². The zero-order chi connectivity index (χ0) is 13.8. The Hall–Kier alpha value is -0.0800. The van der Waals surface area contributed by atoms with Crippen molar-refractivity contribution in [3.63, 3.8) is 0 Å². The van der Waals surface area contributed by atoms with Gasteiger partial charge in [-0.15, -0.1) is 0 Å². The third-order valence-corrected chi connectivity index (χ3v) is 6.13. The van der Waals surface area contributed by atoms with Crippen LogP contribution < -0.4 is 5.32 Å². The van der Waals surface area contributed by atoms with Crippen LogP contribution in [-0.2, 0) is 0 Å². The summed E-state index contributed by atoms with van der Waals surface area (Å²) in [5.41, 5.74) is 0.487. The molecule has 3 fully saturated rings. The fourth-order valence-corrected chi connectivity index (χ4v) is 4.96. The van der Waals surface area contributed by atoms with Crippen LogP contribution >= 0.6 is 0 Å². The van der Waals surface area contributed by atoms with Crippen molar-refractivity contribution < 1.29 is 0 Å². The lowest BCUT2D eigenvalue weighted by molar-refractivity contribution is 0.0411. The van der Waals surface area contributed by atoms with Crippen molar-refractivity contribution in [2.24, 2.45) is 5.92 Å². The summed E-state index contributed by atoms with van der Waals surface area (Å²) in [4.78, 5) is 2.90. The molecule has 20 heavy (non-hydrogen) atoms. The lowest BCUT2D eigenvalue weighted by Crippen LogP contribution is -2.65. The van der Waals surface area contributed by atoms with Crippen molar-refractivity contribution >= 4 is 0 Å². The molecule has 2 aliphatic carbocycles. The van der Waals surface area contributed by atoms with Crippen LogP contribution in [0.1, 0.15) is 77.6 Å². The molecule has 1 aliphatic heterocycles. The van der Waals surface area contributed by atoms with Crippen LogP contribution in [0.5, 0.6) is 0 Å². The van der Waals surface area contributed by atoms with E-state index >= 15 is 0 Å². The average Bonchev–Trinajstić information content (AvgIpc) is 2.96. The lowest BCUT2D eigenvalue weighted by Gasteiger charge is -2.50. The Bertz CT molecular complexity index is 290. The lowest BCUT2D eigenvalue weighted by atomic mass is 9.79. The van der Waals surface area contributed by atoms with Gasteiger partial charge in [0.2, 0.25) is 0 Å². The molecule has 2 saturated carbocycles. The Morgan fingerprint density at radius 3 is 2.50 bits per heavy atom. The molecule has 1 unspecified atom stereocenters. The second kappa shape index (κ2) is 6.79. The highest BCUT2D eigenvalue weighted by Crippen LogP contribution is 2.34. The zero-order valence-corrected chi connectivity index (χ0v) is 13.5. The van der Waals surface area contributed by atoms with E-state index < -0.39 is 0 Å². The molecule has 1 heterocycles. The molecule has 3 rings (SSSR count). The summed E-state index contributed by atoms with van der Waals surface area (Å²) < 4.78 is 0. The molecule has 1 spiro atoms. The largest absolute Gasteiger partial charge is 0.308 e. The zero-order valence-electron chi connectivity index (χ0n) is 13.5. The minimum atomic E-state index is 0.487. The maximum Gasteiger partial charge on any atom is 0.0309 e. The Balaban J connectivity index is 1.63. The van der Waals surface area contributed by atoms with E-state index in [0.717, 1.165) is 12.0 Å². The van der Waals surface area contributed by atoms with Crippen LogP contribution in [0.2, 0.25) is 0 Å². The van der Waals surface area contributed by atoms with Crippen LogP contribution in [0.4, 0.5) is 0 Å². The van der Waals surface area contributed by atoms with Gasteiger partial charge in [0.05, 0.1) is 0 Å². The van der Waals surface area contributed by atoms with Gasteiger partial charge in [0.1, 0.15) is 0 Å². The number of rotatable bonds is 4. The summed E-state index contributed by atoms with van der Waals surface area (Å²) in [6, 6.07) is 0.813. The minimum absolute atomic E-state index is 0.487. The van der Waals surface area contributed by atoms with Gasteiger partial charge in [0.15, 0.2) is 0 Å². The minimum Gasteiger partial charge on any atom is -0.308 e. The highest BCUT2D eigenvalue weighted by molar-refractivity contribution is 5.00. The van der Waals surface area contributed by atoms with Crippen LogP contribution in [0.3, 0.4) is 0 Å². The molecule has 0 aromatic rings. The smallest absolute Gasteiger partial charge is 0.0309 e. The average molecular weight is 278 g/mol. The summed E-state index contributed by atoms with van der Waals surface area (Å²) in [7, 11) is 0. The highest BCUT2D eigenvalue weighted by Gasteiger charge is 2.40. The van der Waals surface area contributed by atoms with Gasteiger partial charge in [-0.3, -0.25) is 4.90 Å². The van der Waals surface area contributed by atoms with E-state index in [0.29, 0.717) is 5.54 Å². The van der Waals surface area contributed by atoms with Gasteiger partial charge in [-0.1, -0.05) is 45.4 Å². The monoisotopic (exact) mass is 278 g/mol.